The van der Waals surface area contributed by atoms with Crippen LogP contribution in [0, 0.1) is 0 Å². The molecule has 2 aromatic rings. The zero-order chi connectivity index (χ0) is 21.4. The Morgan fingerprint density at radius 3 is 1.07 bits per heavy atom. The van der Waals surface area contributed by atoms with Crippen LogP contribution in [-0.4, -0.2) is 62.7 Å². The summed E-state index contributed by atoms with van der Waals surface area (Å²) in [6.45, 7) is 0. The van der Waals surface area contributed by atoms with Crippen molar-refractivity contribution in [2.45, 2.75) is 39.4 Å². The van der Waals surface area contributed by atoms with Gasteiger partial charge in [-0.2, -0.15) is 0 Å². The molecule has 152 valence electrons. The van der Waals surface area contributed by atoms with Crippen molar-refractivity contribution in [3.05, 3.63) is 24.3 Å². The summed E-state index contributed by atoms with van der Waals surface area (Å²) >= 11 is -5.46. The van der Waals surface area contributed by atoms with E-state index in [1.807, 2.05) is 0 Å². The second-order valence-corrected chi connectivity index (χ2v) is 40.7. The predicted molar refractivity (Wildman–Crippen MR) is 116 cm³/mol. The Labute approximate surface area is 174 Å². The van der Waals surface area contributed by atoms with Gasteiger partial charge in [-0.15, -0.1) is 0 Å². The van der Waals surface area contributed by atoms with Gasteiger partial charge in [0.05, 0.1) is 0 Å². The van der Waals surface area contributed by atoms with Crippen LogP contribution < -0.4 is 7.16 Å². The first-order valence-corrected chi connectivity index (χ1v) is 31.6. The molecule has 0 radical (unpaired) electrons. The molecule has 1 aliphatic carbocycles. The Kier molecular flexibility index (Phi) is 5.38. The van der Waals surface area contributed by atoms with Crippen molar-refractivity contribution in [2.24, 2.45) is 0 Å². The van der Waals surface area contributed by atoms with E-state index in [0.717, 1.165) is 18.3 Å². The van der Waals surface area contributed by atoms with Crippen LogP contribution in [-0.2, 0) is 20.2 Å². The Hall–Kier alpha value is -0.143. The van der Waals surface area contributed by atoms with Crippen molar-refractivity contribution < 1.29 is 25.9 Å². The van der Waals surface area contributed by atoms with Gasteiger partial charge in [0.1, 0.15) is 0 Å². The molecule has 0 bridgehead atoms. The predicted octanol–water partition coefficient (Wildman–Crippen LogP) is 2.92. The van der Waals surface area contributed by atoms with Gasteiger partial charge >= 0.3 is 176 Å². The summed E-state index contributed by atoms with van der Waals surface area (Å²) in [5.74, 6) is 0. The summed E-state index contributed by atoms with van der Waals surface area (Å²) in [5.41, 5.74) is 1.96. The summed E-state index contributed by atoms with van der Waals surface area (Å²) in [6.07, 6.45) is 0. The van der Waals surface area contributed by atoms with Gasteiger partial charge in [0.15, 0.2) is 0 Å². The van der Waals surface area contributed by atoms with Crippen molar-refractivity contribution in [3.63, 3.8) is 0 Å². The molecule has 6 nitrogen and oxygen atoms in total. The molecule has 3 rings (SSSR count). The van der Waals surface area contributed by atoms with Gasteiger partial charge in [-0.25, -0.2) is 0 Å². The van der Waals surface area contributed by atoms with Gasteiger partial charge in [-0.3, -0.25) is 0 Å². The molecule has 0 aliphatic heterocycles. The van der Waals surface area contributed by atoms with Gasteiger partial charge in [0.2, 0.25) is 0 Å². The minimum atomic E-state index is -4.56. The van der Waals surface area contributed by atoms with Crippen molar-refractivity contribution in [1.29, 1.82) is 0 Å². The number of rotatable bonds is 4. The van der Waals surface area contributed by atoms with Crippen molar-refractivity contribution in [3.8, 4) is 22.3 Å². The van der Waals surface area contributed by atoms with Crippen LogP contribution in [0.2, 0.25) is 29.6 Å². The molecule has 0 saturated carbocycles. The van der Waals surface area contributed by atoms with Crippen LogP contribution in [0.25, 0.3) is 22.3 Å². The Morgan fingerprint density at radius 1 is 0.571 bits per heavy atom. The van der Waals surface area contributed by atoms with E-state index in [1.54, 1.807) is 12.1 Å². The summed E-state index contributed by atoms with van der Waals surface area (Å²) in [7, 11) is -9.11. The maximum atomic E-state index is 12.0. The Balaban J connectivity index is 2.58. The van der Waals surface area contributed by atoms with Crippen molar-refractivity contribution in [2.75, 3.05) is 0 Å². The first kappa shape index (κ1) is 22.5. The molecule has 0 fully saturated rings. The summed E-state index contributed by atoms with van der Waals surface area (Å²) < 4.78 is 69.8. The first-order valence-electron chi connectivity index (χ1n) is 8.76. The van der Waals surface area contributed by atoms with Crippen LogP contribution in [0.15, 0.2) is 34.1 Å². The summed E-state index contributed by atoms with van der Waals surface area (Å²) in [4.78, 5) is 12.6. The minimum absolute atomic E-state index is 0.228. The quantitative estimate of drug-likeness (QED) is 0.337. The van der Waals surface area contributed by atoms with E-state index >= 15 is 0 Å². The van der Waals surface area contributed by atoms with E-state index in [4.69, 9.17) is 0 Å². The monoisotopic (exact) mass is 640 g/mol. The molecular weight excluding hydrogens is 614 g/mol. The molecule has 0 spiro atoms. The zero-order valence-electron chi connectivity index (χ0n) is 16.7. The normalized spacial score (nSPS) is 14.3. The molecule has 0 saturated heterocycles. The first-order chi connectivity index (χ1) is 12.5. The zero-order valence-corrected chi connectivity index (χ0v) is 24.0. The molecule has 2 aromatic carbocycles. The van der Waals surface area contributed by atoms with Gasteiger partial charge in [-0.05, 0) is 0 Å². The molecule has 2 N–H and O–H groups in total. The SMILES string of the molecule is [CH3][Sn]([CH3])([CH3])[c]1ccc(S(=O)(=O)O)c2c1-c1[c]([Sn]([CH3])([CH3])[CH3])ccc(S(=O)(=O)O)c1-2. The third-order valence-corrected chi connectivity index (χ3v) is 18.4. The van der Waals surface area contributed by atoms with E-state index in [1.165, 1.54) is 12.1 Å². The van der Waals surface area contributed by atoms with Crippen LogP contribution in [0.4, 0.5) is 0 Å². The molecule has 10 heteroatoms. The second kappa shape index (κ2) is 6.68. The molecular formula is C18H24O6S2Sn2. The average molecular weight is 638 g/mol. The molecule has 0 unspecified atom stereocenters. The van der Waals surface area contributed by atoms with Gasteiger partial charge < -0.3 is 0 Å². The van der Waals surface area contributed by atoms with Crippen LogP contribution in [0.5, 0.6) is 0 Å². The number of hydrogen-bond acceptors (Lipinski definition) is 4. The van der Waals surface area contributed by atoms with Crippen molar-refractivity contribution in [1.82, 2.24) is 0 Å². The maximum absolute atomic E-state index is 12.0. The van der Waals surface area contributed by atoms with Gasteiger partial charge in [0.25, 0.3) is 0 Å². The molecule has 0 atom stereocenters. The molecule has 0 amide bonds. The van der Waals surface area contributed by atoms with E-state index < -0.39 is 57.0 Å². The Morgan fingerprint density at radius 2 is 0.857 bits per heavy atom. The number of fused-ring (bicyclic) bond motifs is 4. The number of hydrogen-bond donors (Lipinski definition) is 2. The topological polar surface area (TPSA) is 109 Å². The van der Waals surface area contributed by atoms with Crippen LogP contribution in [0.1, 0.15) is 0 Å². The fourth-order valence-corrected chi connectivity index (χ4v) is 14.2. The summed E-state index contributed by atoms with van der Waals surface area (Å²) in [5, 5.41) is 0. The Bertz CT molecular complexity index is 1120. The molecule has 28 heavy (non-hydrogen) atoms. The van der Waals surface area contributed by atoms with Crippen molar-refractivity contribution >= 4 is 64.1 Å². The van der Waals surface area contributed by atoms with E-state index in [2.05, 4.69) is 29.6 Å². The van der Waals surface area contributed by atoms with E-state index in [0.29, 0.717) is 0 Å². The summed E-state index contributed by atoms with van der Waals surface area (Å²) in [6, 6.07) is 6.25. The van der Waals surface area contributed by atoms with Gasteiger partial charge in [-0.1, -0.05) is 0 Å². The molecule has 1 aliphatic rings. The van der Waals surface area contributed by atoms with E-state index in [9.17, 15) is 25.9 Å². The standard InChI is InChI=1S/C12H6O6S2.6CH3.2Sn/c13-19(14,15)9-5-1-3-7-8-4-2-6-10(20(16,17)18)12(8)11(7)9;;;;;;;;/h1-2,5-6H,(H,13,14,15)(H,16,17,18);6*1H3;;. The second-order valence-electron chi connectivity index (χ2n) is 9.17. The van der Waals surface area contributed by atoms with Crippen LogP contribution >= 0.6 is 0 Å². The molecule has 0 aromatic heterocycles. The third-order valence-electron chi connectivity index (χ3n) is 5.01. The fraction of sp³-hybridized carbons (Fsp3) is 0.333. The molecule has 0 heterocycles. The average Bonchev–Trinajstić information content (AvgIpc) is 2.46. The van der Waals surface area contributed by atoms with E-state index in [-0.39, 0.29) is 20.9 Å². The van der Waals surface area contributed by atoms with Gasteiger partial charge in [0, 0.05) is 0 Å². The third kappa shape index (κ3) is 3.68. The van der Waals surface area contributed by atoms with Crippen LogP contribution in [0.3, 0.4) is 0 Å². The fourth-order valence-electron chi connectivity index (χ4n) is 3.80. The number of benzene rings is 2.